The smallest absolute Gasteiger partial charge is 0.328 e. The minimum absolute atomic E-state index is 0.0936. The van der Waals surface area contributed by atoms with E-state index in [1.807, 2.05) is 42.5 Å². The van der Waals surface area contributed by atoms with Crippen LogP contribution < -0.4 is 15.7 Å². The molecule has 0 saturated carbocycles. The lowest BCUT2D eigenvalue weighted by Gasteiger charge is -2.39. The summed E-state index contributed by atoms with van der Waals surface area (Å²) in [7, 11) is 3.43. The zero-order valence-corrected chi connectivity index (χ0v) is 24.5. The first kappa shape index (κ1) is 28.3. The molecule has 1 aliphatic rings. The van der Waals surface area contributed by atoms with Crippen LogP contribution in [0.25, 0.3) is 11.0 Å². The van der Waals surface area contributed by atoms with Crippen molar-refractivity contribution in [3.05, 3.63) is 92.3 Å². The van der Waals surface area contributed by atoms with Gasteiger partial charge in [-0.05, 0) is 71.8 Å². The average molecular weight is 583 g/mol. The molecule has 3 aromatic carbocycles. The van der Waals surface area contributed by atoms with Crippen molar-refractivity contribution in [3.63, 3.8) is 0 Å². The highest BCUT2D eigenvalue weighted by atomic mass is 35.5. The number of hydrogen-bond acceptors (Lipinski definition) is 4. The molecule has 0 bridgehead atoms. The Morgan fingerprint density at radius 1 is 1.05 bits per heavy atom. The van der Waals surface area contributed by atoms with E-state index < -0.39 is 0 Å². The van der Waals surface area contributed by atoms with Crippen LogP contribution in [-0.2, 0) is 23.6 Å². The van der Waals surface area contributed by atoms with Crippen molar-refractivity contribution in [3.8, 4) is 5.75 Å². The van der Waals surface area contributed by atoms with Gasteiger partial charge in [-0.15, -0.1) is 0 Å². The van der Waals surface area contributed by atoms with Gasteiger partial charge in [0.2, 0.25) is 0 Å². The second-order valence-electron chi connectivity index (χ2n) is 10.8. The molecule has 0 unspecified atom stereocenters. The van der Waals surface area contributed by atoms with E-state index in [-0.39, 0.29) is 36.1 Å². The van der Waals surface area contributed by atoms with Crippen LogP contribution in [0.2, 0.25) is 10.0 Å². The fraction of sp³-hybridized carbons (Fsp3) is 0.355. The highest BCUT2D eigenvalue weighted by molar-refractivity contribution is 6.35. The average Bonchev–Trinajstić information content (AvgIpc) is 3.15. The third-order valence-electron chi connectivity index (χ3n) is 7.79. The van der Waals surface area contributed by atoms with Gasteiger partial charge in [0.05, 0.1) is 23.7 Å². The van der Waals surface area contributed by atoms with Crippen LogP contribution in [0.4, 0.5) is 5.69 Å². The number of rotatable bonds is 7. The lowest BCUT2D eigenvalue weighted by molar-refractivity contribution is -0.118. The van der Waals surface area contributed by atoms with Crippen LogP contribution in [0, 0.1) is 11.8 Å². The Kier molecular flexibility index (Phi) is 8.26. The SMILES string of the molecule is CC(C)[C@@H]1C[C@H](c2ccc(Cl)cc2Cl)CO[C@H]1c1cccc(OCC(=O)Nc2ccc3c(c2)n(C)c(=O)n3C)c1. The van der Waals surface area contributed by atoms with Gasteiger partial charge >= 0.3 is 5.69 Å². The quantitative estimate of drug-likeness (QED) is 0.263. The van der Waals surface area contributed by atoms with Crippen molar-refractivity contribution >= 4 is 45.8 Å². The summed E-state index contributed by atoms with van der Waals surface area (Å²) in [6.07, 6.45) is 0.845. The molecule has 1 saturated heterocycles. The first-order valence-corrected chi connectivity index (χ1v) is 14.1. The van der Waals surface area contributed by atoms with Crippen molar-refractivity contribution in [2.75, 3.05) is 18.5 Å². The number of anilines is 1. The van der Waals surface area contributed by atoms with Crippen LogP contribution in [0.1, 0.15) is 43.4 Å². The molecule has 0 spiro atoms. The molecule has 9 heteroatoms. The number of nitrogens with one attached hydrogen (secondary N) is 1. The number of hydrogen-bond donors (Lipinski definition) is 1. The van der Waals surface area contributed by atoms with E-state index in [1.165, 1.54) is 0 Å². The normalized spacial score (nSPS) is 19.2. The van der Waals surface area contributed by atoms with Gasteiger partial charge in [0.15, 0.2) is 6.61 Å². The summed E-state index contributed by atoms with van der Waals surface area (Å²) in [5.41, 5.74) is 4.10. The molecule has 1 aliphatic heterocycles. The van der Waals surface area contributed by atoms with Crippen LogP contribution in [0.15, 0.2) is 65.5 Å². The van der Waals surface area contributed by atoms with Crippen molar-refractivity contribution in [1.82, 2.24) is 9.13 Å². The topological polar surface area (TPSA) is 74.5 Å². The number of carbonyl (C=O) groups excluding carboxylic acids is 1. The summed E-state index contributed by atoms with van der Waals surface area (Å²) in [6, 6.07) is 18.8. The second-order valence-corrected chi connectivity index (χ2v) is 11.6. The molecule has 40 heavy (non-hydrogen) atoms. The Balaban J connectivity index is 1.24. The Morgan fingerprint density at radius 2 is 1.82 bits per heavy atom. The molecule has 1 N–H and O–H groups in total. The van der Waals surface area contributed by atoms with Crippen molar-refractivity contribution in [2.24, 2.45) is 25.9 Å². The van der Waals surface area contributed by atoms with Gasteiger partial charge < -0.3 is 14.8 Å². The number of halogens is 2. The molecular formula is C31H33Cl2N3O4. The zero-order chi connectivity index (χ0) is 28.6. The summed E-state index contributed by atoms with van der Waals surface area (Å²) < 4.78 is 15.4. The number of carbonyl (C=O) groups is 1. The van der Waals surface area contributed by atoms with E-state index in [0.29, 0.717) is 34.0 Å². The molecule has 2 heterocycles. The van der Waals surface area contributed by atoms with Crippen molar-refractivity contribution < 1.29 is 14.3 Å². The maximum Gasteiger partial charge on any atom is 0.328 e. The summed E-state index contributed by atoms with van der Waals surface area (Å²) in [5, 5.41) is 4.15. The molecule has 0 radical (unpaired) electrons. The van der Waals surface area contributed by atoms with Gasteiger partial charge in [-0.2, -0.15) is 0 Å². The van der Waals surface area contributed by atoms with E-state index in [2.05, 4.69) is 19.2 Å². The fourth-order valence-electron chi connectivity index (χ4n) is 5.59. The third-order valence-corrected chi connectivity index (χ3v) is 8.36. The number of imidazole rings is 1. The van der Waals surface area contributed by atoms with E-state index in [9.17, 15) is 9.59 Å². The predicted molar refractivity (Wildman–Crippen MR) is 160 cm³/mol. The van der Waals surface area contributed by atoms with Gasteiger partial charge in [0.25, 0.3) is 5.91 Å². The van der Waals surface area contributed by atoms with Gasteiger partial charge in [0, 0.05) is 35.7 Å². The summed E-state index contributed by atoms with van der Waals surface area (Å²) in [5.74, 6) is 1.16. The van der Waals surface area contributed by atoms with Crippen LogP contribution in [0.3, 0.4) is 0 Å². The van der Waals surface area contributed by atoms with Crippen molar-refractivity contribution in [2.45, 2.75) is 32.3 Å². The molecule has 1 fully saturated rings. The number of nitrogens with zero attached hydrogens (tertiary/aromatic N) is 2. The standard InChI is InChI=1S/C31H33Cl2N3O4/c1-18(2)25-13-20(24-10-8-21(32)14-26(24)33)16-40-30(25)19-6-5-7-23(12-19)39-17-29(37)34-22-9-11-27-28(15-22)36(4)31(38)35(27)3/h5-12,14-15,18,20,25,30H,13,16-17H2,1-4H3,(H,34,37)/t20-,25-,30-/m0/s1. The maximum atomic E-state index is 12.7. The van der Waals surface area contributed by atoms with E-state index in [4.69, 9.17) is 32.7 Å². The van der Waals surface area contributed by atoms with E-state index in [1.54, 1.807) is 41.4 Å². The first-order chi connectivity index (χ1) is 19.1. The van der Waals surface area contributed by atoms with Gasteiger partial charge in [-0.3, -0.25) is 13.9 Å². The van der Waals surface area contributed by atoms with E-state index in [0.717, 1.165) is 28.6 Å². The maximum absolute atomic E-state index is 12.7. The molecule has 7 nitrogen and oxygen atoms in total. The molecular weight excluding hydrogens is 549 g/mol. The number of benzene rings is 3. The number of aryl methyl sites for hydroxylation is 2. The lowest BCUT2D eigenvalue weighted by Crippen LogP contribution is -2.31. The van der Waals surface area contributed by atoms with Gasteiger partial charge in [0.1, 0.15) is 5.75 Å². The third kappa shape index (κ3) is 5.78. The minimum Gasteiger partial charge on any atom is -0.484 e. The molecule has 1 aromatic heterocycles. The van der Waals surface area contributed by atoms with E-state index >= 15 is 0 Å². The molecule has 1 amide bonds. The molecule has 5 rings (SSSR count). The summed E-state index contributed by atoms with van der Waals surface area (Å²) >= 11 is 12.6. The Hall–Kier alpha value is -3.26. The highest BCUT2D eigenvalue weighted by Gasteiger charge is 2.35. The molecule has 4 aromatic rings. The summed E-state index contributed by atoms with van der Waals surface area (Å²) in [4.78, 5) is 24.9. The Labute approximate surface area is 243 Å². The molecule has 210 valence electrons. The largest absolute Gasteiger partial charge is 0.484 e. The van der Waals surface area contributed by atoms with Crippen molar-refractivity contribution in [1.29, 1.82) is 0 Å². The highest BCUT2D eigenvalue weighted by Crippen LogP contribution is 2.45. The number of amides is 1. The predicted octanol–water partition coefficient (Wildman–Crippen LogP) is 6.72. The number of fused-ring (bicyclic) bond motifs is 1. The Bertz CT molecular complexity index is 1610. The molecule has 3 atom stereocenters. The Morgan fingerprint density at radius 3 is 2.58 bits per heavy atom. The van der Waals surface area contributed by atoms with Gasteiger partial charge in [-0.25, -0.2) is 4.79 Å². The lowest BCUT2D eigenvalue weighted by atomic mass is 9.76. The van der Waals surface area contributed by atoms with Gasteiger partial charge in [-0.1, -0.05) is 55.2 Å². The number of aromatic nitrogens is 2. The van der Waals surface area contributed by atoms with Crippen LogP contribution >= 0.6 is 23.2 Å². The second kappa shape index (κ2) is 11.7. The fourth-order valence-corrected chi connectivity index (χ4v) is 6.15. The molecule has 0 aliphatic carbocycles. The first-order valence-electron chi connectivity index (χ1n) is 13.4. The zero-order valence-electron chi connectivity index (χ0n) is 23.0. The number of ether oxygens (including phenoxy) is 2. The summed E-state index contributed by atoms with van der Waals surface area (Å²) in [6.45, 7) is 4.83. The monoisotopic (exact) mass is 581 g/mol. The van der Waals surface area contributed by atoms with Crippen LogP contribution in [0.5, 0.6) is 5.75 Å². The minimum atomic E-state index is -0.289. The van der Waals surface area contributed by atoms with Crippen LogP contribution in [-0.4, -0.2) is 28.3 Å².